The van der Waals surface area contributed by atoms with Crippen LogP contribution in [0.4, 0.5) is 22.7 Å². The van der Waals surface area contributed by atoms with Crippen LogP contribution >= 0.6 is 0 Å². The van der Waals surface area contributed by atoms with E-state index >= 15 is 0 Å². The first-order valence-corrected chi connectivity index (χ1v) is 18.3. The Labute approximate surface area is 345 Å². The molecule has 0 aliphatic carbocycles. The van der Waals surface area contributed by atoms with Gasteiger partial charge in [-0.15, -0.1) is 0 Å². The molecule has 0 heterocycles. The van der Waals surface area contributed by atoms with Gasteiger partial charge in [-0.3, -0.25) is 24.2 Å². The monoisotopic (exact) mass is 835 g/mol. The first-order chi connectivity index (χ1) is 29.2. The van der Waals surface area contributed by atoms with Gasteiger partial charge in [0.1, 0.15) is 17.1 Å². The molecule has 6 N–H and O–H groups in total. The summed E-state index contributed by atoms with van der Waals surface area (Å²) in [6, 6.07) is 21.2. The molecule has 0 radical (unpaired) electrons. The van der Waals surface area contributed by atoms with E-state index in [9.17, 15) is 63.9 Å². The fourth-order valence-corrected chi connectivity index (χ4v) is 6.52. The van der Waals surface area contributed by atoms with Gasteiger partial charge in [-0.1, -0.05) is 54.6 Å². The molecule has 0 aliphatic heterocycles. The number of aliphatic carboxylic acids is 2. The molecule has 0 atom stereocenters. The zero-order valence-corrected chi connectivity index (χ0v) is 32.2. The molecule has 0 unspecified atom stereocenters. The molecule has 0 aliphatic rings. The van der Waals surface area contributed by atoms with E-state index in [1.807, 2.05) is 0 Å². The molecule has 61 heavy (non-hydrogen) atoms. The summed E-state index contributed by atoms with van der Waals surface area (Å²) >= 11 is 0. The maximum absolute atomic E-state index is 13.8. The van der Waals surface area contributed by atoms with Crippen molar-refractivity contribution in [3.05, 3.63) is 119 Å². The fraction of sp³-hybridized carbons (Fsp3) is 0.163. The standard InChI is InChI=1S/C43H37N3O15/c1-60-43(59)35-32(47)17-10-18-33(35)61-22-9-8-21-44-34(48)20-19-24-23-31(45(37(49)41(55)56)29-15-6-4-13-27(29)39(51)52)36(26-12-3-2-11-25(24)26)46(38(50)42(57)58)30-16-7-5-14-28(30)40(53)54/h2-7,10-18,23,47H,8-9,19-22H2,1H3,(H,44,48)(H,51,52)(H,53,54)(H,55,56)(H,57,58). The maximum atomic E-state index is 13.8. The quantitative estimate of drug-likeness (QED) is 0.0427. The number of fused-ring (bicyclic) bond motifs is 1. The van der Waals surface area contributed by atoms with Crippen molar-refractivity contribution in [2.24, 2.45) is 0 Å². The molecular formula is C43H37N3O15. The second kappa shape index (κ2) is 19.4. The van der Waals surface area contributed by atoms with Crippen molar-refractivity contribution in [3.63, 3.8) is 0 Å². The summed E-state index contributed by atoms with van der Waals surface area (Å²) in [4.78, 5) is 104. The number of aromatic carboxylic acids is 2. The van der Waals surface area contributed by atoms with Crippen LogP contribution in [0.15, 0.2) is 97.1 Å². The number of rotatable bonds is 16. The lowest BCUT2D eigenvalue weighted by molar-refractivity contribution is -0.148. The van der Waals surface area contributed by atoms with Gasteiger partial charge in [0.25, 0.3) is 0 Å². The molecule has 314 valence electrons. The van der Waals surface area contributed by atoms with Gasteiger partial charge in [-0.05, 0) is 72.7 Å². The summed E-state index contributed by atoms with van der Waals surface area (Å²) in [5, 5.41) is 53.5. The highest BCUT2D eigenvalue weighted by Gasteiger charge is 2.37. The van der Waals surface area contributed by atoms with Crippen LogP contribution < -0.4 is 19.9 Å². The minimum Gasteiger partial charge on any atom is -0.507 e. The number of hydrogen-bond donors (Lipinski definition) is 6. The van der Waals surface area contributed by atoms with Crippen molar-refractivity contribution in [3.8, 4) is 11.5 Å². The number of hydrogen-bond acceptors (Lipinski definition) is 11. The number of phenolic OH excluding ortho intramolecular Hbond substituents is 1. The van der Waals surface area contributed by atoms with Gasteiger partial charge < -0.3 is 40.3 Å². The third kappa shape index (κ3) is 9.71. The highest BCUT2D eigenvalue weighted by atomic mass is 16.5. The SMILES string of the molecule is COC(=O)c1c(O)cccc1OCCCCNC(=O)CCc1cc(N(C(=O)C(=O)O)c2ccccc2C(=O)O)c(N(C(=O)C(=O)O)c2ccccc2C(=O)O)c2ccccc12. The molecule has 0 saturated carbocycles. The number of carbonyl (C=O) groups excluding carboxylic acids is 4. The van der Waals surface area contributed by atoms with Gasteiger partial charge in [-0.2, -0.15) is 0 Å². The Morgan fingerprint density at radius 3 is 1.79 bits per heavy atom. The average Bonchev–Trinajstić information content (AvgIpc) is 3.24. The number of phenols is 1. The van der Waals surface area contributed by atoms with Gasteiger partial charge in [0.2, 0.25) is 5.91 Å². The normalized spacial score (nSPS) is 10.6. The summed E-state index contributed by atoms with van der Waals surface area (Å²) in [7, 11) is 1.16. The number of nitrogens with zero attached hydrogens (tertiary/aromatic N) is 2. The van der Waals surface area contributed by atoms with Crippen LogP contribution in [0, 0.1) is 0 Å². The summed E-state index contributed by atoms with van der Waals surface area (Å²) in [6.07, 6.45) is 0.572. The molecule has 0 fully saturated rings. The number of para-hydroxylation sites is 2. The maximum Gasteiger partial charge on any atom is 0.395 e. The second-order valence-corrected chi connectivity index (χ2v) is 13.0. The number of unbranched alkanes of at least 4 members (excludes halogenated alkanes) is 1. The number of carbonyl (C=O) groups is 8. The van der Waals surface area contributed by atoms with Crippen LogP contribution in [0.2, 0.25) is 0 Å². The van der Waals surface area contributed by atoms with Crippen LogP contribution in [0.25, 0.3) is 10.8 Å². The number of carboxylic acid groups (broad SMARTS) is 4. The van der Waals surface area contributed by atoms with Gasteiger partial charge in [0.15, 0.2) is 0 Å². The largest absolute Gasteiger partial charge is 0.507 e. The molecule has 0 bridgehead atoms. The minimum absolute atomic E-state index is 0.00304. The van der Waals surface area contributed by atoms with E-state index in [1.165, 1.54) is 60.7 Å². The smallest absolute Gasteiger partial charge is 0.395 e. The van der Waals surface area contributed by atoms with Crippen LogP contribution in [0.5, 0.6) is 11.5 Å². The van der Waals surface area contributed by atoms with Crippen molar-refractivity contribution >= 4 is 81.1 Å². The highest BCUT2D eigenvalue weighted by Crippen LogP contribution is 2.46. The molecule has 0 aromatic heterocycles. The second-order valence-electron chi connectivity index (χ2n) is 13.0. The molecule has 18 nitrogen and oxygen atoms in total. The molecule has 0 spiro atoms. The number of amides is 3. The fourth-order valence-electron chi connectivity index (χ4n) is 6.52. The Morgan fingerprint density at radius 1 is 0.639 bits per heavy atom. The van der Waals surface area contributed by atoms with E-state index in [-0.39, 0.29) is 59.4 Å². The van der Waals surface area contributed by atoms with Gasteiger partial charge in [-0.25, -0.2) is 24.0 Å². The summed E-state index contributed by atoms with van der Waals surface area (Å²) < 4.78 is 10.4. The summed E-state index contributed by atoms with van der Waals surface area (Å²) in [5.74, 6) is -12.1. The molecule has 0 saturated heterocycles. The van der Waals surface area contributed by atoms with Crippen molar-refractivity contribution in [1.29, 1.82) is 0 Å². The number of ether oxygens (including phenoxy) is 2. The molecule has 5 aromatic rings. The number of methoxy groups -OCH3 is 1. The zero-order valence-electron chi connectivity index (χ0n) is 32.2. The lowest BCUT2D eigenvalue weighted by Crippen LogP contribution is -2.38. The number of aryl methyl sites for hydroxylation is 1. The molecule has 5 aromatic carbocycles. The van der Waals surface area contributed by atoms with Crippen molar-refractivity contribution < 1.29 is 73.4 Å². The lowest BCUT2D eigenvalue weighted by atomic mass is 9.95. The zero-order chi connectivity index (χ0) is 44.4. The van der Waals surface area contributed by atoms with Gasteiger partial charge in [0, 0.05) is 18.4 Å². The van der Waals surface area contributed by atoms with Crippen LogP contribution in [-0.2, 0) is 35.1 Å². The van der Waals surface area contributed by atoms with E-state index < -0.39 is 81.4 Å². The number of esters is 1. The molecule has 3 amide bonds. The first-order valence-electron chi connectivity index (χ1n) is 18.3. The lowest BCUT2D eigenvalue weighted by Gasteiger charge is -2.32. The predicted molar refractivity (Wildman–Crippen MR) is 216 cm³/mol. The number of aromatic hydroxyl groups is 1. The van der Waals surface area contributed by atoms with Crippen LogP contribution in [0.3, 0.4) is 0 Å². The highest BCUT2D eigenvalue weighted by molar-refractivity contribution is 6.43. The molecular weight excluding hydrogens is 798 g/mol. The van der Waals surface area contributed by atoms with Gasteiger partial charge >= 0.3 is 41.7 Å². The van der Waals surface area contributed by atoms with E-state index in [0.717, 1.165) is 31.4 Å². The number of nitrogens with one attached hydrogen (secondary N) is 1. The Hall–Kier alpha value is -8.28. The number of anilines is 4. The van der Waals surface area contributed by atoms with E-state index in [4.69, 9.17) is 9.47 Å². The average molecular weight is 836 g/mol. The summed E-state index contributed by atoms with van der Waals surface area (Å²) in [5.41, 5.74) is -2.94. The van der Waals surface area contributed by atoms with Crippen LogP contribution in [-0.4, -0.2) is 93.4 Å². The Balaban J connectivity index is 1.55. The molecule has 18 heteroatoms. The number of carboxylic acids is 4. The summed E-state index contributed by atoms with van der Waals surface area (Å²) in [6.45, 7) is 0.318. The van der Waals surface area contributed by atoms with Crippen molar-refractivity contribution in [1.82, 2.24) is 5.32 Å². The Kier molecular flexibility index (Phi) is 14.0. The Bertz CT molecular complexity index is 2570. The number of benzene rings is 5. The minimum atomic E-state index is -2.07. The Morgan fingerprint density at radius 2 is 1.20 bits per heavy atom. The van der Waals surface area contributed by atoms with Gasteiger partial charge in [0.05, 0.1) is 47.6 Å². The first kappa shape index (κ1) is 43.8. The topological polar surface area (TPSA) is 275 Å². The van der Waals surface area contributed by atoms with Crippen LogP contribution in [0.1, 0.15) is 55.9 Å². The van der Waals surface area contributed by atoms with Crippen molar-refractivity contribution in [2.75, 3.05) is 30.1 Å². The van der Waals surface area contributed by atoms with E-state index in [2.05, 4.69) is 5.32 Å². The van der Waals surface area contributed by atoms with E-state index in [1.54, 1.807) is 12.1 Å². The predicted octanol–water partition coefficient (Wildman–Crippen LogP) is 5.14. The third-order valence-electron chi connectivity index (χ3n) is 9.24. The van der Waals surface area contributed by atoms with Crippen molar-refractivity contribution in [2.45, 2.75) is 25.7 Å². The third-order valence-corrected chi connectivity index (χ3v) is 9.24. The molecule has 5 rings (SSSR count). The van der Waals surface area contributed by atoms with E-state index in [0.29, 0.717) is 22.6 Å².